The molecule has 1 fully saturated rings. The summed E-state index contributed by atoms with van der Waals surface area (Å²) < 4.78 is 32.2. The molecule has 0 bridgehead atoms. The molecule has 1 saturated heterocycles. The van der Waals surface area contributed by atoms with E-state index in [0.717, 1.165) is 18.5 Å². The Morgan fingerprint density at radius 2 is 1.86 bits per heavy atom. The Morgan fingerprint density at radius 1 is 1.14 bits per heavy atom. The van der Waals surface area contributed by atoms with Crippen LogP contribution in [0.5, 0.6) is 0 Å². The molecule has 1 unspecified atom stereocenters. The fourth-order valence-corrected chi connectivity index (χ4v) is 5.02. The molecule has 3 aromatic rings. The van der Waals surface area contributed by atoms with Gasteiger partial charge >= 0.3 is 6.01 Å². The molecule has 184 valence electrons. The summed E-state index contributed by atoms with van der Waals surface area (Å²) in [6.45, 7) is 2.82. The van der Waals surface area contributed by atoms with Crippen LogP contribution in [0, 0.1) is 0 Å². The highest BCUT2D eigenvalue weighted by Gasteiger charge is 2.35. The number of amides is 2. The molecule has 2 aromatic carbocycles. The van der Waals surface area contributed by atoms with E-state index >= 15 is 0 Å². The number of sulfonamides is 1. The quantitative estimate of drug-likeness (QED) is 0.481. The van der Waals surface area contributed by atoms with Gasteiger partial charge in [0.2, 0.25) is 21.8 Å². The van der Waals surface area contributed by atoms with E-state index in [0.29, 0.717) is 13.1 Å². The van der Waals surface area contributed by atoms with Gasteiger partial charge in [0.15, 0.2) is 0 Å². The van der Waals surface area contributed by atoms with Crippen LogP contribution in [0.4, 0.5) is 11.7 Å². The highest BCUT2D eigenvalue weighted by atomic mass is 32.2. The minimum Gasteiger partial charge on any atom is -0.407 e. The second kappa shape index (κ2) is 10.4. The lowest BCUT2D eigenvalue weighted by Gasteiger charge is -2.16. The van der Waals surface area contributed by atoms with Crippen molar-refractivity contribution in [2.24, 2.45) is 0 Å². The Labute approximate surface area is 204 Å². The first-order valence-electron chi connectivity index (χ1n) is 11.4. The van der Waals surface area contributed by atoms with Crippen molar-refractivity contribution in [3.8, 4) is 0 Å². The highest BCUT2D eigenvalue weighted by molar-refractivity contribution is 7.89. The molecule has 1 atom stereocenters. The van der Waals surface area contributed by atoms with Crippen molar-refractivity contribution in [2.75, 3.05) is 30.4 Å². The molecule has 10 nitrogen and oxygen atoms in total. The number of aromatic nitrogens is 2. The number of anilines is 2. The van der Waals surface area contributed by atoms with Crippen LogP contribution in [-0.4, -0.2) is 54.9 Å². The number of hydrogen-bond donors (Lipinski definition) is 1. The SMILES string of the molecule is CCCCN(C)S(=O)(=O)c1ccc(C(=O)Nc2nnc(C3CC(=O)N(c4ccccc4)C3)o2)cc1. The van der Waals surface area contributed by atoms with Gasteiger partial charge in [-0.2, -0.15) is 0 Å². The summed E-state index contributed by atoms with van der Waals surface area (Å²) in [6.07, 6.45) is 1.88. The first-order chi connectivity index (χ1) is 16.8. The van der Waals surface area contributed by atoms with Crippen molar-refractivity contribution in [3.63, 3.8) is 0 Å². The fraction of sp³-hybridized carbons (Fsp3) is 0.333. The molecule has 0 spiro atoms. The summed E-state index contributed by atoms with van der Waals surface area (Å²) in [4.78, 5) is 26.8. The van der Waals surface area contributed by atoms with Crippen molar-refractivity contribution >= 4 is 33.5 Å². The summed E-state index contributed by atoms with van der Waals surface area (Å²) in [5.74, 6) is -0.573. The van der Waals surface area contributed by atoms with Crippen LogP contribution < -0.4 is 10.2 Å². The number of unbranched alkanes of at least 4 members (excludes halogenated alkanes) is 1. The molecule has 0 radical (unpaired) electrons. The third-order valence-electron chi connectivity index (χ3n) is 5.85. The molecular weight excluding hydrogens is 470 g/mol. The molecule has 1 aliphatic rings. The number of benzene rings is 2. The average Bonchev–Trinajstić information content (AvgIpc) is 3.49. The third kappa shape index (κ3) is 5.41. The molecule has 0 aliphatic carbocycles. The number of carbonyl (C=O) groups excluding carboxylic acids is 2. The molecule has 2 amide bonds. The monoisotopic (exact) mass is 497 g/mol. The van der Waals surface area contributed by atoms with E-state index in [2.05, 4.69) is 15.5 Å². The largest absolute Gasteiger partial charge is 0.407 e. The zero-order valence-corrected chi connectivity index (χ0v) is 20.4. The lowest BCUT2D eigenvalue weighted by atomic mass is 10.1. The predicted molar refractivity (Wildman–Crippen MR) is 130 cm³/mol. The van der Waals surface area contributed by atoms with Crippen LogP contribution in [0.2, 0.25) is 0 Å². The van der Waals surface area contributed by atoms with Gasteiger partial charge in [-0.3, -0.25) is 14.9 Å². The average molecular weight is 498 g/mol. The van der Waals surface area contributed by atoms with E-state index in [1.807, 2.05) is 37.3 Å². The van der Waals surface area contributed by atoms with Gasteiger partial charge in [-0.25, -0.2) is 12.7 Å². The van der Waals surface area contributed by atoms with Gasteiger partial charge in [-0.1, -0.05) is 36.6 Å². The van der Waals surface area contributed by atoms with E-state index in [-0.39, 0.29) is 40.6 Å². The van der Waals surface area contributed by atoms with Gasteiger partial charge in [0.25, 0.3) is 5.91 Å². The molecule has 1 N–H and O–H groups in total. The first-order valence-corrected chi connectivity index (χ1v) is 12.8. The van der Waals surface area contributed by atoms with E-state index in [4.69, 9.17) is 4.42 Å². The Morgan fingerprint density at radius 3 is 2.54 bits per heavy atom. The number of nitrogens with zero attached hydrogens (tertiary/aromatic N) is 4. The lowest BCUT2D eigenvalue weighted by molar-refractivity contribution is -0.117. The fourth-order valence-electron chi connectivity index (χ4n) is 3.81. The van der Waals surface area contributed by atoms with Crippen molar-refractivity contribution in [3.05, 3.63) is 66.1 Å². The van der Waals surface area contributed by atoms with Gasteiger partial charge in [0.05, 0.1) is 10.8 Å². The van der Waals surface area contributed by atoms with Crippen molar-refractivity contribution in [1.82, 2.24) is 14.5 Å². The molecule has 4 rings (SSSR count). The molecule has 11 heteroatoms. The second-order valence-corrected chi connectivity index (χ2v) is 10.4. The minimum absolute atomic E-state index is 0.0413. The molecular formula is C24H27N5O5S. The second-order valence-electron chi connectivity index (χ2n) is 8.35. The summed E-state index contributed by atoms with van der Waals surface area (Å²) in [7, 11) is -2.08. The van der Waals surface area contributed by atoms with Gasteiger partial charge in [-0.15, -0.1) is 5.10 Å². The van der Waals surface area contributed by atoms with E-state index in [9.17, 15) is 18.0 Å². The summed E-state index contributed by atoms with van der Waals surface area (Å²) in [6, 6.07) is 14.9. The third-order valence-corrected chi connectivity index (χ3v) is 7.73. The normalized spacial score (nSPS) is 16.1. The zero-order chi connectivity index (χ0) is 25.0. The van der Waals surface area contributed by atoms with Gasteiger partial charge in [0, 0.05) is 37.8 Å². The van der Waals surface area contributed by atoms with Gasteiger partial charge in [0.1, 0.15) is 0 Å². The van der Waals surface area contributed by atoms with E-state index in [1.54, 1.807) is 4.90 Å². The molecule has 1 aromatic heterocycles. The molecule has 0 saturated carbocycles. The molecule has 2 heterocycles. The smallest absolute Gasteiger partial charge is 0.322 e. The number of nitrogens with one attached hydrogen (secondary N) is 1. The van der Waals surface area contributed by atoms with Crippen LogP contribution in [0.3, 0.4) is 0 Å². The van der Waals surface area contributed by atoms with Gasteiger partial charge in [-0.05, 0) is 42.8 Å². The Hall–Kier alpha value is -3.57. The van der Waals surface area contributed by atoms with Crippen molar-refractivity contribution in [1.29, 1.82) is 0 Å². The Kier molecular flexibility index (Phi) is 7.27. The maximum atomic E-state index is 12.6. The molecule has 1 aliphatic heterocycles. The maximum Gasteiger partial charge on any atom is 0.322 e. The number of carbonyl (C=O) groups is 2. The number of rotatable bonds is 9. The van der Waals surface area contributed by atoms with E-state index in [1.165, 1.54) is 35.6 Å². The van der Waals surface area contributed by atoms with Crippen LogP contribution in [0.1, 0.15) is 48.4 Å². The van der Waals surface area contributed by atoms with E-state index < -0.39 is 15.9 Å². The highest BCUT2D eigenvalue weighted by Crippen LogP contribution is 2.31. The number of hydrogen-bond acceptors (Lipinski definition) is 7. The van der Waals surface area contributed by atoms with Crippen LogP contribution in [0.15, 0.2) is 63.9 Å². The standard InChI is InChI=1S/C24H27N5O5S/c1-3-4-14-28(2)35(32,33)20-12-10-17(11-13-20)22(31)25-24-27-26-23(34-24)18-15-21(30)29(16-18)19-8-6-5-7-9-19/h5-13,18H,3-4,14-16H2,1-2H3,(H,25,27,31). The lowest BCUT2D eigenvalue weighted by Crippen LogP contribution is -2.28. The van der Waals surface area contributed by atoms with Crippen LogP contribution >= 0.6 is 0 Å². The minimum atomic E-state index is -3.62. The predicted octanol–water partition coefficient (Wildman–Crippen LogP) is 3.26. The summed E-state index contributed by atoms with van der Waals surface area (Å²) in [5, 5.41) is 10.4. The van der Waals surface area contributed by atoms with Crippen LogP contribution in [0.25, 0.3) is 0 Å². The number of para-hydroxylation sites is 1. The zero-order valence-electron chi connectivity index (χ0n) is 19.5. The van der Waals surface area contributed by atoms with Gasteiger partial charge < -0.3 is 9.32 Å². The first kappa shape index (κ1) is 24.6. The summed E-state index contributed by atoms with van der Waals surface area (Å²) in [5.41, 5.74) is 1.04. The Balaban J connectivity index is 1.39. The van der Waals surface area contributed by atoms with Crippen molar-refractivity contribution in [2.45, 2.75) is 37.0 Å². The van der Waals surface area contributed by atoms with Crippen LogP contribution in [-0.2, 0) is 14.8 Å². The summed E-state index contributed by atoms with van der Waals surface area (Å²) >= 11 is 0. The Bertz CT molecular complexity index is 1290. The molecule has 35 heavy (non-hydrogen) atoms. The topological polar surface area (TPSA) is 126 Å². The maximum absolute atomic E-state index is 12.6. The van der Waals surface area contributed by atoms with Crippen molar-refractivity contribution < 1.29 is 22.4 Å².